The molecular formula is C10H11NO3S. The quantitative estimate of drug-likeness (QED) is 0.746. The highest BCUT2D eigenvalue weighted by Crippen LogP contribution is 2.06. The van der Waals surface area contributed by atoms with Crippen LogP contribution in [-0.4, -0.2) is 23.0 Å². The number of carboxylic acids is 1. The number of carbonyl (C=O) groups excluding carboxylic acids is 1. The van der Waals surface area contributed by atoms with Crippen molar-refractivity contribution < 1.29 is 14.7 Å². The van der Waals surface area contributed by atoms with Crippen LogP contribution < -0.4 is 5.32 Å². The third-order valence-electron chi connectivity index (χ3n) is 1.79. The van der Waals surface area contributed by atoms with Gasteiger partial charge >= 0.3 is 5.97 Å². The number of aliphatic carboxylic acids is 1. The van der Waals surface area contributed by atoms with Gasteiger partial charge in [-0.3, -0.25) is 4.79 Å². The van der Waals surface area contributed by atoms with Gasteiger partial charge in [0.1, 0.15) is 6.04 Å². The van der Waals surface area contributed by atoms with E-state index in [-0.39, 0.29) is 12.3 Å². The molecule has 15 heavy (non-hydrogen) atoms. The minimum atomic E-state index is -1.06. The van der Waals surface area contributed by atoms with Crippen LogP contribution in [0.4, 0.5) is 0 Å². The maximum Gasteiger partial charge on any atom is 0.326 e. The zero-order valence-electron chi connectivity index (χ0n) is 7.97. The number of carboxylic acid groups (broad SMARTS) is 1. The molecule has 1 aromatic rings. The van der Waals surface area contributed by atoms with Crippen LogP contribution in [0.25, 0.3) is 0 Å². The summed E-state index contributed by atoms with van der Waals surface area (Å²) in [5, 5.41) is 14.6. The van der Waals surface area contributed by atoms with Gasteiger partial charge in [0.2, 0.25) is 0 Å². The third kappa shape index (κ3) is 3.21. The molecule has 1 unspecified atom stereocenters. The Kier molecular flexibility index (Phi) is 4.05. The van der Waals surface area contributed by atoms with Crippen molar-refractivity contribution in [1.82, 2.24) is 5.32 Å². The third-order valence-corrected chi connectivity index (χ3v) is 2.47. The van der Waals surface area contributed by atoms with Gasteiger partial charge < -0.3 is 10.4 Å². The van der Waals surface area contributed by atoms with Gasteiger partial charge in [0, 0.05) is 5.38 Å². The Hall–Kier alpha value is -1.62. The lowest BCUT2D eigenvalue weighted by Crippen LogP contribution is -2.40. The largest absolute Gasteiger partial charge is 0.480 e. The van der Waals surface area contributed by atoms with Crippen molar-refractivity contribution in [2.75, 3.05) is 0 Å². The monoisotopic (exact) mass is 225 g/mol. The van der Waals surface area contributed by atoms with Crippen LogP contribution in [0.3, 0.4) is 0 Å². The van der Waals surface area contributed by atoms with Gasteiger partial charge in [-0.15, -0.1) is 6.58 Å². The maximum absolute atomic E-state index is 11.5. The van der Waals surface area contributed by atoms with Crippen LogP contribution in [0.2, 0.25) is 0 Å². The number of carbonyl (C=O) groups is 2. The van der Waals surface area contributed by atoms with Gasteiger partial charge in [-0.25, -0.2) is 4.79 Å². The molecule has 0 saturated heterocycles. The molecule has 0 saturated carbocycles. The molecular weight excluding hydrogens is 214 g/mol. The van der Waals surface area contributed by atoms with Crippen molar-refractivity contribution in [3.05, 3.63) is 35.0 Å². The van der Waals surface area contributed by atoms with Crippen molar-refractivity contribution >= 4 is 23.2 Å². The van der Waals surface area contributed by atoms with Gasteiger partial charge in [-0.2, -0.15) is 11.3 Å². The second-order valence-electron chi connectivity index (χ2n) is 2.90. The van der Waals surface area contributed by atoms with Crippen LogP contribution in [0.15, 0.2) is 29.5 Å². The number of hydrogen-bond acceptors (Lipinski definition) is 3. The van der Waals surface area contributed by atoms with E-state index in [0.717, 1.165) is 0 Å². The summed E-state index contributed by atoms with van der Waals surface area (Å²) in [7, 11) is 0. The van der Waals surface area contributed by atoms with Gasteiger partial charge in [0.15, 0.2) is 0 Å². The second kappa shape index (κ2) is 5.31. The van der Waals surface area contributed by atoms with E-state index in [1.165, 1.54) is 17.4 Å². The molecule has 1 rings (SSSR count). The summed E-state index contributed by atoms with van der Waals surface area (Å²) in [6.07, 6.45) is 1.68. The first-order valence-electron chi connectivity index (χ1n) is 4.32. The summed E-state index contributed by atoms with van der Waals surface area (Å²) in [5.41, 5.74) is 0.482. The van der Waals surface area contributed by atoms with Crippen LogP contribution >= 0.6 is 11.3 Å². The molecule has 4 nitrogen and oxygen atoms in total. The topological polar surface area (TPSA) is 66.4 Å². The van der Waals surface area contributed by atoms with E-state index in [1.54, 1.807) is 16.8 Å². The van der Waals surface area contributed by atoms with Gasteiger partial charge in [0.05, 0.1) is 5.56 Å². The van der Waals surface area contributed by atoms with Crippen molar-refractivity contribution in [3.63, 3.8) is 0 Å². The van der Waals surface area contributed by atoms with Crippen molar-refractivity contribution in [2.45, 2.75) is 12.5 Å². The lowest BCUT2D eigenvalue weighted by molar-refractivity contribution is -0.139. The number of amides is 1. The van der Waals surface area contributed by atoms with E-state index < -0.39 is 12.0 Å². The highest BCUT2D eigenvalue weighted by Gasteiger charge is 2.18. The first kappa shape index (κ1) is 11.5. The molecule has 0 aliphatic heterocycles. The Balaban J connectivity index is 2.62. The fourth-order valence-electron chi connectivity index (χ4n) is 1.02. The standard InChI is InChI=1S/C10H11NO3S/c1-2-3-8(10(13)14)11-9(12)7-4-5-15-6-7/h2,4-6,8H,1,3H2,(H,11,12)(H,13,14). The first-order chi connectivity index (χ1) is 7.15. The molecule has 0 fully saturated rings. The summed E-state index contributed by atoms with van der Waals surface area (Å²) in [5.74, 6) is -1.43. The molecule has 0 aliphatic carbocycles. The number of nitrogens with one attached hydrogen (secondary N) is 1. The zero-order chi connectivity index (χ0) is 11.3. The molecule has 0 aromatic carbocycles. The number of hydrogen-bond donors (Lipinski definition) is 2. The highest BCUT2D eigenvalue weighted by molar-refractivity contribution is 7.08. The van der Waals surface area contributed by atoms with E-state index in [0.29, 0.717) is 5.56 Å². The molecule has 80 valence electrons. The average molecular weight is 225 g/mol. The Morgan fingerprint density at radius 3 is 2.87 bits per heavy atom. The van der Waals surface area contributed by atoms with Gasteiger partial charge in [-0.1, -0.05) is 6.08 Å². The van der Waals surface area contributed by atoms with E-state index >= 15 is 0 Å². The fraction of sp³-hybridized carbons (Fsp3) is 0.200. The van der Waals surface area contributed by atoms with Crippen molar-refractivity contribution in [1.29, 1.82) is 0 Å². The smallest absolute Gasteiger partial charge is 0.326 e. The molecule has 0 bridgehead atoms. The Morgan fingerprint density at radius 2 is 2.40 bits per heavy atom. The second-order valence-corrected chi connectivity index (χ2v) is 3.68. The van der Waals surface area contributed by atoms with Crippen LogP contribution in [-0.2, 0) is 4.79 Å². The summed E-state index contributed by atoms with van der Waals surface area (Å²) in [6.45, 7) is 3.44. The van der Waals surface area contributed by atoms with Crippen LogP contribution in [0, 0.1) is 0 Å². The molecule has 1 aromatic heterocycles. The highest BCUT2D eigenvalue weighted by atomic mass is 32.1. The molecule has 2 N–H and O–H groups in total. The Bertz CT molecular complexity index is 359. The fourth-order valence-corrected chi connectivity index (χ4v) is 1.66. The minimum absolute atomic E-state index is 0.214. The van der Waals surface area contributed by atoms with Gasteiger partial charge in [-0.05, 0) is 17.9 Å². The summed E-state index contributed by atoms with van der Waals surface area (Å²) >= 11 is 1.39. The maximum atomic E-state index is 11.5. The van der Waals surface area contributed by atoms with Crippen molar-refractivity contribution in [2.24, 2.45) is 0 Å². The lowest BCUT2D eigenvalue weighted by atomic mass is 10.2. The van der Waals surface area contributed by atoms with E-state index in [9.17, 15) is 9.59 Å². The average Bonchev–Trinajstić information content (AvgIpc) is 2.69. The van der Waals surface area contributed by atoms with E-state index in [2.05, 4.69) is 11.9 Å². The molecule has 0 aliphatic rings. The van der Waals surface area contributed by atoms with Crippen molar-refractivity contribution in [3.8, 4) is 0 Å². The first-order valence-corrected chi connectivity index (χ1v) is 5.26. The summed E-state index contributed by atoms with van der Waals surface area (Å²) in [6, 6.07) is 0.738. The molecule has 1 atom stereocenters. The van der Waals surface area contributed by atoms with E-state index in [1.807, 2.05) is 0 Å². The van der Waals surface area contributed by atoms with Crippen LogP contribution in [0.5, 0.6) is 0 Å². The molecule has 0 spiro atoms. The van der Waals surface area contributed by atoms with E-state index in [4.69, 9.17) is 5.11 Å². The molecule has 1 amide bonds. The SMILES string of the molecule is C=CCC(NC(=O)c1ccsc1)C(=O)O. The number of rotatable bonds is 5. The summed E-state index contributed by atoms with van der Waals surface area (Å²) < 4.78 is 0. The Morgan fingerprint density at radius 1 is 1.67 bits per heavy atom. The molecule has 0 radical (unpaired) electrons. The Labute approximate surface area is 91.2 Å². The summed E-state index contributed by atoms with van der Waals surface area (Å²) in [4.78, 5) is 22.2. The lowest BCUT2D eigenvalue weighted by Gasteiger charge is -2.11. The number of thiophene rings is 1. The molecule has 5 heteroatoms. The predicted molar refractivity (Wildman–Crippen MR) is 58.0 cm³/mol. The normalized spacial score (nSPS) is 11.7. The molecule has 1 heterocycles. The van der Waals surface area contributed by atoms with Gasteiger partial charge in [0.25, 0.3) is 5.91 Å². The zero-order valence-corrected chi connectivity index (χ0v) is 8.79. The van der Waals surface area contributed by atoms with Crippen LogP contribution in [0.1, 0.15) is 16.8 Å². The predicted octanol–water partition coefficient (Wildman–Crippen LogP) is 1.51. The minimum Gasteiger partial charge on any atom is -0.480 e.